The average Bonchev–Trinajstić information content (AvgIpc) is 2.68. The lowest BCUT2D eigenvalue weighted by atomic mass is 9.97. The zero-order valence-electron chi connectivity index (χ0n) is 8.70. The molecule has 1 aliphatic carbocycles. The highest BCUT2D eigenvalue weighted by atomic mass is 16.1. The Labute approximate surface area is 88.8 Å². The van der Waals surface area contributed by atoms with Crippen LogP contribution in [0.25, 0.3) is 0 Å². The van der Waals surface area contributed by atoms with Crippen molar-refractivity contribution in [1.82, 2.24) is 15.2 Å². The molecule has 0 bridgehead atoms. The van der Waals surface area contributed by atoms with Crippen LogP contribution in [-0.2, 0) is 0 Å². The summed E-state index contributed by atoms with van der Waals surface area (Å²) >= 11 is 0. The first kappa shape index (κ1) is 10.1. The van der Waals surface area contributed by atoms with E-state index >= 15 is 0 Å². The lowest BCUT2D eigenvalue weighted by Crippen LogP contribution is -2.07. The number of H-pyrrole nitrogens is 1. The van der Waals surface area contributed by atoms with Gasteiger partial charge < -0.3 is 0 Å². The number of carbonyl (C=O) groups is 1. The third-order valence-electron chi connectivity index (χ3n) is 2.71. The molecule has 1 aromatic heterocycles. The van der Waals surface area contributed by atoms with Gasteiger partial charge in [-0.3, -0.25) is 9.89 Å². The topological polar surface area (TPSA) is 58.6 Å². The molecule has 1 N–H and O–H groups in total. The molecule has 0 amide bonds. The molecule has 4 heteroatoms. The summed E-state index contributed by atoms with van der Waals surface area (Å²) in [5.41, 5.74) is 0.895. The van der Waals surface area contributed by atoms with Gasteiger partial charge in [-0.25, -0.2) is 4.98 Å². The second-order valence-corrected chi connectivity index (χ2v) is 3.85. The highest BCUT2D eigenvalue weighted by Crippen LogP contribution is 2.19. The van der Waals surface area contributed by atoms with Crippen molar-refractivity contribution in [3.05, 3.63) is 23.8 Å². The molecule has 1 heterocycles. The summed E-state index contributed by atoms with van der Waals surface area (Å²) in [5, 5.41) is 6.31. The molecule has 0 aromatic carbocycles. The molecule has 0 radical (unpaired) electrons. The van der Waals surface area contributed by atoms with Gasteiger partial charge in [0.15, 0.2) is 5.82 Å². The predicted octanol–water partition coefficient (Wildman–Crippen LogP) is 2.27. The number of nitrogens with zero attached hydrogens (tertiary/aromatic N) is 2. The molecule has 4 nitrogen and oxygen atoms in total. The third kappa shape index (κ3) is 2.52. The number of hydrogen-bond donors (Lipinski definition) is 1. The normalized spacial score (nSPS) is 21.2. The number of aromatic nitrogens is 3. The van der Waals surface area contributed by atoms with E-state index in [2.05, 4.69) is 21.3 Å². The Bertz CT molecular complexity index is 354. The number of aromatic amines is 1. The Kier molecular flexibility index (Phi) is 3.27. The smallest absolute Gasteiger partial charge is 0.225 e. The standard InChI is InChI=1S/C11H15N3O/c15-10(11-12-8-13-14-11)9-6-4-2-1-3-5-7-9/h6,8H,1-5,7H2,(H,12,13,14)/b9-6+. The van der Waals surface area contributed by atoms with E-state index in [1.807, 2.05) is 0 Å². The summed E-state index contributed by atoms with van der Waals surface area (Å²) in [6, 6.07) is 0. The molecule has 1 aliphatic rings. The van der Waals surface area contributed by atoms with E-state index in [1.54, 1.807) is 0 Å². The fraction of sp³-hybridized carbons (Fsp3) is 0.545. The zero-order valence-corrected chi connectivity index (χ0v) is 8.70. The Balaban J connectivity index is 2.11. The quantitative estimate of drug-likeness (QED) is 0.753. The molecular formula is C11H15N3O. The molecule has 0 saturated heterocycles. The van der Waals surface area contributed by atoms with Crippen LogP contribution >= 0.6 is 0 Å². The maximum Gasteiger partial charge on any atom is 0.225 e. The van der Waals surface area contributed by atoms with E-state index in [0.717, 1.165) is 24.8 Å². The molecule has 2 rings (SSSR count). The number of rotatable bonds is 2. The van der Waals surface area contributed by atoms with Gasteiger partial charge in [-0.2, -0.15) is 5.10 Å². The SMILES string of the molecule is O=C(/C1=C/CCCCCC1)c1ncn[nH]1. The summed E-state index contributed by atoms with van der Waals surface area (Å²) < 4.78 is 0. The van der Waals surface area contributed by atoms with Crippen molar-refractivity contribution >= 4 is 5.78 Å². The first-order valence-corrected chi connectivity index (χ1v) is 5.47. The largest absolute Gasteiger partial charge is 0.285 e. The van der Waals surface area contributed by atoms with Gasteiger partial charge in [0.1, 0.15) is 6.33 Å². The highest BCUT2D eigenvalue weighted by Gasteiger charge is 2.15. The minimum absolute atomic E-state index is 0.00870. The van der Waals surface area contributed by atoms with Crippen LogP contribution in [0.2, 0.25) is 0 Å². The van der Waals surface area contributed by atoms with Crippen molar-refractivity contribution in [3.63, 3.8) is 0 Å². The predicted molar refractivity (Wildman–Crippen MR) is 56.5 cm³/mol. The number of nitrogens with one attached hydrogen (secondary N) is 1. The van der Waals surface area contributed by atoms with Crippen LogP contribution < -0.4 is 0 Å². The number of allylic oxidation sites excluding steroid dienone is 2. The second kappa shape index (κ2) is 4.87. The van der Waals surface area contributed by atoms with Gasteiger partial charge in [0.05, 0.1) is 0 Å². The Hall–Kier alpha value is -1.45. The van der Waals surface area contributed by atoms with Crippen molar-refractivity contribution in [2.24, 2.45) is 0 Å². The van der Waals surface area contributed by atoms with Crippen molar-refractivity contribution in [2.75, 3.05) is 0 Å². The number of hydrogen-bond acceptors (Lipinski definition) is 3. The van der Waals surface area contributed by atoms with Crippen LogP contribution in [0.5, 0.6) is 0 Å². The van der Waals surface area contributed by atoms with Crippen LogP contribution in [0.15, 0.2) is 18.0 Å². The zero-order chi connectivity index (χ0) is 10.5. The van der Waals surface area contributed by atoms with Gasteiger partial charge in [-0.15, -0.1) is 0 Å². The van der Waals surface area contributed by atoms with Crippen LogP contribution in [0.3, 0.4) is 0 Å². The molecule has 80 valence electrons. The first-order valence-electron chi connectivity index (χ1n) is 5.47. The van der Waals surface area contributed by atoms with Crippen LogP contribution in [0, 0.1) is 0 Å². The second-order valence-electron chi connectivity index (χ2n) is 3.85. The van der Waals surface area contributed by atoms with Gasteiger partial charge in [0, 0.05) is 0 Å². The van der Waals surface area contributed by atoms with Crippen LogP contribution in [0.4, 0.5) is 0 Å². The molecule has 0 fully saturated rings. The van der Waals surface area contributed by atoms with E-state index in [9.17, 15) is 4.79 Å². The Morgan fingerprint density at radius 2 is 2.13 bits per heavy atom. The van der Waals surface area contributed by atoms with Crippen molar-refractivity contribution in [2.45, 2.75) is 38.5 Å². The van der Waals surface area contributed by atoms with E-state index in [1.165, 1.54) is 25.6 Å². The van der Waals surface area contributed by atoms with E-state index in [0.29, 0.717) is 5.82 Å². The molecule has 0 aliphatic heterocycles. The van der Waals surface area contributed by atoms with Gasteiger partial charge in [0.25, 0.3) is 0 Å². The van der Waals surface area contributed by atoms with E-state index in [4.69, 9.17) is 0 Å². The van der Waals surface area contributed by atoms with E-state index in [-0.39, 0.29) is 5.78 Å². The molecule has 0 spiro atoms. The van der Waals surface area contributed by atoms with Crippen molar-refractivity contribution < 1.29 is 4.79 Å². The highest BCUT2D eigenvalue weighted by molar-refractivity contribution is 6.05. The van der Waals surface area contributed by atoms with Crippen LogP contribution in [0.1, 0.15) is 49.1 Å². The first-order chi connectivity index (χ1) is 7.38. The number of ketones is 1. The summed E-state index contributed by atoms with van der Waals surface area (Å²) in [4.78, 5) is 15.8. The van der Waals surface area contributed by atoms with Gasteiger partial charge in [0.2, 0.25) is 5.78 Å². The van der Waals surface area contributed by atoms with Gasteiger partial charge >= 0.3 is 0 Å². The molecule has 15 heavy (non-hydrogen) atoms. The minimum atomic E-state index is 0.00870. The summed E-state index contributed by atoms with van der Waals surface area (Å²) in [6.07, 6.45) is 10.1. The van der Waals surface area contributed by atoms with Crippen LogP contribution in [-0.4, -0.2) is 21.0 Å². The van der Waals surface area contributed by atoms with Gasteiger partial charge in [-0.05, 0) is 31.3 Å². The van der Waals surface area contributed by atoms with Crippen molar-refractivity contribution in [3.8, 4) is 0 Å². The Morgan fingerprint density at radius 3 is 2.93 bits per heavy atom. The maximum absolute atomic E-state index is 11.9. The summed E-state index contributed by atoms with van der Waals surface area (Å²) in [7, 11) is 0. The minimum Gasteiger partial charge on any atom is -0.285 e. The molecule has 0 atom stereocenters. The average molecular weight is 205 g/mol. The fourth-order valence-corrected chi connectivity index (χ4v) is 1.86. The lowest BCUT2D eigenvalue weighted by molar-refractivity contribution is 0.102. The molecule has 0 saturated carbocycles. The molecular weight excluding hydrogens is 190 g/mol. The fourth-order valence-electron chi connectivity index (χ4n) is 1.86. The van der Waals surface area contributed by atoms with E-state index < -0.39 is 0 Å². The maximum atomic E-state index is 11.9. The number of Topliss-reactive ketones (excluding diaryl/α,β-unsaturated/α-hetero) is 1. The third-order valence-corrected chi connectivity index (χ3v) is 2.71. The summed E-state index contributed by atoms with van der Waals surface area (Å²) in [5.74, 6) is 0.372. The monoisotopic (exact) mass is 205 g/mol. The Morgan fingerprint density at radius 1 is 1.27 bits per heavy atom. The summed E-state index contributed by atoms with van der Waals surface area (Å²) in [6.45, 7) is 0. The van der Waals surface area contributed by atoms with Crippen molar-refractivity contribution in [1.29, 1.82) is 0 Å². The van der Waals surface area contributed by atoms with Gasteiger partial charge in [-0.1, -0.05) is 18.9 Å². The molecule has 0 unspecified atom stereocenters. The molecule has 1 aromatic rings. The number of carbonyl (C=O) groups excluding carboxylic acids is 1. The lowest BCUT2D eigenvalue weighted by Gasteiger charge is -2.08.